The van der Waals surface area contributed by atoms with Crippen LogP contribution >= 0.6 is 0 Å². The average molecular weight is 501 g/mol. The predicted octanol–water partition coefficient (Wildman–Crippen LogP) is 5.49. The van der Waals surface area contributed by atoms with E-state index >= 15 is 0 Å². The zero-order chi connectivity index (χ0) is 26.2. The number of carbonyl (C=O) groups excluding carboxylic acids is 2. The highest BCUT2D eigenvalue weighted by Crippen LogP contribution is 2.45. The van der Waals surface area contributed by atoms with Gasteiger partial charge in [0.1, 0.15) is 11.6 Å². The van der Waals surface area contributed by atoms with E-state index in [4.69, 9.17) is 9.47 Å². The van der Waals surface area contributed by atoms with Crippen LogP contribution in [0.5, 0.6) is 11.5 Å². The van der Waals surface area contributed by atoms with Crippen LogP contribution in [-0.2, 0) is 15.8 Å². The SMILES string of the molecule is COc1ccc(C2C(=C(O)c3ccc(F)cc3)C(=O)C(=O)N2c2cccc(C(F)(F)F)c2)cc1OC. The molecule has 1 fully saturated rings. The minimum atomic E-state index is -4.70. The molecule has 1 amide bonds. The zero-order valence-electron chi connectivity index (χ0n) is 19.0. The molecule has 0 aromatic heterocycles. The van der Waals surface area contributed by atoms with Gasteiger partial charge in [0.25, 0.3) is 11.7 Å². The van der Waals surface area contributed by atoms with Crippen molar-refractivity contribution in [2.45, 2.75) is 12.2 Å². The molecule has 1 saturated heterocycles. The first-order valence-electron chi connectivity index (χ1n) is 10.5. The number of aliphatic hydroxyl groups is 1. The fourth-order valence-corrected chi connectivity index (χ4v) is 4.03. The number of ketones is 1. The summed E-state index contributed by atoms with van der Waals surface area (Å²) in [5, 5.41) is 11.0. The number of alkyl halides is 3. The summed E-state index contributed by atoms with van der Waals surface area (Å²) in [6.07, 6.45) is -4.70. The first-order valence-corrected chi connectivity index (χ1v) is 10.5. The van der Waals surface area contributed by atoms with Crippen LogP contribution in [0.25, 0.3) is 5.76 Å². The third-order valence-electron chi connectivity index (χ3n) is 5.74. The first-order chi connectivity index (χ1) is 17.1. The van der Waals surface area contributed by atoms with Gasteiger partial charge in [-0.15, -0.1) is 0 Å². The molecule has 10 heteroatoms. The Hall–Kier alpha value is -4.34. The number of methoxy groups -OCH3 is 2. The zero-order valence-corrected chi connectivity index (χ0v) is 19.0. The molecule has 4 rings (SSSR count). The van der Waals surface area contributed by atoms with Crippen molar-refractivity contribution in [3.05, 3.63) is 94.8 Å². The molecule has 0 aliphatic carbocycles. The number of Topliss-reactive ketones (excluding diaryl/α,β-unsaturated/α-hetero) is 1. The molecule has 0 saturated carbocycles. The van der Waals surface area contributed by atoms with Crippen LogP contribution in [0.2, 0.25) is 0 Å². The predicted molar refractivity (Wildman–Crippen MR) is 122 cm³/mol. The van der Waals surface area contributed by atoms with Crippen molar-refractivity contribution in [1.82, 2.24) is 0 Å². The lowest BCUT2D eigenvalue weighted by atomic mass is 9.94. The van der Waals surface area contributed by atoms with E-state index in [-0.39, 0.29) is 28.1 Å². The van der Waals surface area contributed by atoms with E-state index in [9.17, 15) is 32.3 Å². The monoisotopic (exact) mass is 501 g/mol. The van der Waals surface area contributed by atoms with Gasteiger partial charge in [-0.25, -0.2) is 4.39 Å². The summed E-state index contributed by atoms with van der Waals surface area (Å²) in [6.45, 7) is 0. The average Bonchev–Trinajstić information content (AvgIpc) is 3.13. The second-order valence-electron chi connectivity index (χ2n) is 7.84. The molecular formula is C26H19F4NO5. The molecule has 1 atom stereocenters. The van der Waals surface area contributed by atoms with Gasteiger partial charge in [0.2, 0.25) is 0 Å². The lowest BCUT2D eigenvalue weighted by molar-refractivity contribution is -0.137. The summed E-state index contributed by atoms with van der Waals surface area (Å²) in [6, 6.07) is 11.6. The second kappa shape index (κ2) is 9.37. The number of carbonyl (C=O) groups is 2. The summed E-state index contributed by atoms with van der Waals surface area (Å²) in [5.74, 6) is -2.90. The molecule has 1 unspecified atom stereocenters. The highest BCUT2D eigenvalue weighted by atomic mass is 19.4. The van der Waals surface area contributed by atoms with Gasteiger partial charge in [0.05, 0.1) is 31.4 Å². The fraction of sp³-hybridized carbons (Fsp3) is 0.154. The van der Waals surface area contributed by atoms with Crippen LogP contribution in [0.4, 0.5) is 23.2 Å². The molecule has 3 aromatic rings. The number of anilines is 1. The van der Waals surface area contributed by atoms with Crippen molar-refractivity contribution < 1.29 is 41.7 Å². The van der Waals surface area contributed by atoms with Crippen LogP contribution in [0.3, 0.4) is 0 Å². The minimum absolute atomic E-state index is 0.0453. The van der Waals surface area contributed by atoms with Gasteiger partial charge in [-0.3, -0.25) is 14.5 Å². The van der Waals surface area contributed by atoms with Crippen molar-refractivity contribution in [1.29, 1.82) is 0 Å². The molecular weight excluding hydrogens is 482 g/mol. The molecule has 186 valence electrons. The number of nitrogens with zero attached hydrogens (tertiary/aromatic N) is 1. The van der Waals surface area contributed by atoms with E-state index < -0.39 is 41.0 Å². The van der Waals surface area contributed by atoms with Gasteiger partial charge in [-0.05, 0) is 60.2 Å². The first kappa shape index (κ1) is 24.8. The maximum absolute atomic E-state index is 13.4. The molecule has 1 aliphatic rings. The van der Waals surface area contributed by atoms with Crippen LogP contribution in [0, 0.1) is 5.82 Å². The van der Waals surface area contributed by atoms with Crippen LogP contribution in [0.1, 0.15) is 22.7 Å². The maximum atomic E-state index is 13.4. The third-order valence-corrected chi connectivity index (χ3v) is 5.74. The number of halogens is 4. The minimum Gasteiger partial charge on any atom is -0.507 e. The lowest BCUT2D eigenvalue weighted by Crippen LogP contribution is -2.29. The highest BCUT2D eigenvalue weighted by Gasteiger charge is 2.47. The maximum Gasteiger partial charge on any atom is 0.416 e. The summed E-state index contributed by atoms with van der Waals surface area (Å²) >= 11 is 0. The quantitative estimate of drug-likeness (QED) is 0.217. The summed E-state index contributed by atoms with van der Waals surface area (Å²) < 4.78 is 64.2. The molecule has 1 N–H and O–H groups in total. The Kier molecular flexibility index (Phi) is 6.45. The van der Waals surface area contributed by atoms with Crippen molar-refractivity contribution in [3.63, 3.8) is 0 Å². The van der Waals surface area contributed by atoms with Crippen molar-refractivity contribution in [2.24, 2.45) is 0 Å². The number of benzene rings is 3. The molecule has 1 heterocycles. The topological polar surface area (TPSA) is 76.1 Å². The number of aliphatic hydroxyl groups excluding tert-OH is 1. The van der Waals surface area contributed by atoms with E-state index in [1.807, 2.05) is 0 Å². The van der Waals surface area contributed by atoms with Crippen molar-refractivity contribution in [2.75, 3.05) is 19.1 Å². The van der Waals surface area contributed by atoms with E-state index in [2.05, 4.69) is 0 Å². The number of hydrogen-bond acceptors (Lipinski definition) is 5. The van der Waals surface area contributed by atoms with E-state index in [0.717, 1.165) is 35.2 Å². The Morgan fingerprint density at radius 2 is 1.58 bits per heavy atom. The molecule has 6 nitrogen and oxygen atoms in total. The third kappa shape index (κ3) is 4.37. The Labute approximate surface area is 203 Å². The van der Waals surface area contributed by atoms with Crippen LogP contribution in [0.15, 0.2) is 72.3 Å². The Bertz CT molecular complexity index is 1370. The van der Waals surface area contributed by atoms with E-state index in [0.29, 0.717) is 5.75 Å². The molecule has 0 radical (unpaired) electrons. The molecule has 0 bridgehead atoms. The number of hydrogen-bond donors (Lipinski definition) is 1. The van der Waals surface area contributed by atoms with Gasteiger partial charge in [0, 0.05) is 11.3 Å². The number of amides is 1. The Morgan fingerprint density at radius 3 is 2.19 bits per heavy atom. The standard InChI is InChI=1S/C26H19F4NO5/c1-35-19-11-8-15(12-20(19)36-2)22-21(23(32)14-6-9-17(27)10-7-14)24(33)25(34)31(22)18-5-3-4-16(13-18)26(28,29)30/h3-13,22,32H,1-2H3. The van der Waals surface area contributed by atoms with Crippen molar-refractivity contribution >= 4 is 23.1 Å². The Morgan fingerprint density at radius 1 is 0.917 bits per heavy atom. The van der Waals surface area contributed by atoms with E-state index in [1.54, 1.807) is 0 Å². The normalized spacial score (nSPS) is 17.4. The summed E-state index contributed by atoms with van der Waals surface area (Å²) in [7, 11) is 2.77. The molecule has 1 aliphatic heterocycles. The van der Waals surface area contributed by atoms with Gasteiger partial charge in [-0.1, -0.05) is 12.1 Å². The lowest BCUT2D eigenvalue weighted by Gasteiger charge is -2.26. The smallest absolute Gasteiger partial charge is 0.416 e. The largest absolute Gasteiger partial charge is 0.507 e. The molecule has 36 heavy (non-hydrogen) atoms. The van der Waals surface area contributed by atoms with Gasteiger partial charge >= 0.3 is 6.18 Å². The van der Waals surface area contributed by atoms with Crippen LogP contribution in [-0.4, -0.2) is 31.0 Å². The highest BCUT2D eigenvalue weighted by molar-refractivity contribution is 6.51. The van der Waals surface area contributed by atoms with Crippen LogP contribution < -0.4 is 14.4 Å². The summed E-state index contributed by atoms with van der Waals surface area (Å²) in [4.78, 5) is 27.2. The number of ether oxygens (including phenoxy) is 2. The Balaban J connectivity index is 1.97. The fourth-order valence-electron chi connectivity index (χ4n) is 4.03. The molecule has 0 spiro atoms. The summed E-state index contributed by atoms with van der Waals surface area (Å²) in [5.41, 5.74) is -1.30. The van der Waals surface area contributed by atoms with Gasteiger partial charge in [-0.2, -0.15) is 13.2 Å². The number of rotatable bonds is 5. The van der Waals surface area contributed by atoms with Gasteiger partial charge in [0.15, 0.2) is 11.5 Å². The molecule has 3 aromatic carbocycles. The second-order valence-corrected chi connectivity index (χ2v) is 7.84. The van der Waals surface area contributed by atoms with E-state index in [1.165, 1.54) is 50.6 Å². The van der Waals surface area contributed by atoms with Crippen molar-refractivity contribution in [3.8, 4) is 11.5 Å². The van der Waals surface area contributed by atoms with Gasteiger partial charge < -0.3 is 14.6 Å².